The summed E-state index contributed by atoms with van der Waals surface area (Å²) >= 11 is 0. The largest absolute Gasteiger partial charge is 0.508 e. The van der Waals surface area contributed by atoms with Gasteiger partial charge in [-0.05, 0) is 43.5 Å². The van der Waals surface area contributed by atoms with Crippen LogP contribution in [0.15, 0.2) is 54.6 Å². The molecule has 0 spiro atoms. The quantitative estimate of drug-likeness (QED) is 0.667. The van der Waals surface area contributed by atoms with Crippen LogP contribution in [0.4, 0.5) is 0 Å². The zero-order chi connectivity index (χ0) is 18.0. The van der Waals surface area contributed by atoms with Crippen molar-refractivity contribution in [2.24, 2.45) is 0 Å². The normalized spacial score (nSPS) is 9.29. The predicted molar refractivity (Wildman–Crippen MR) is 102 cm³/mol. The monoisotopic (exact) mass is 332 g/mol. The number of unbranched alkanes of at least 4 members (excludes halogenated alkanes) is 2. The second-order valence-electron chi connectivity index (χ2n) is 5.44. The topological polar surface area (TPSA) is 49.7 Å². The highest BCUT2D eigenvalue weighted by Gasteiger charge is 1.87. The number of phenols is 2. The number of phenolic OH excluding ortho intramolecular Hbond substituents is 2. The number of hydrogen-bond donors (Lipinski definition) is 2. The lowest BCUT2D eigenvalue weighted by atomic mass is 10.2. The SMILES string of the molecule is CCCCOCCCC.Cc1ccccc1O.Oc1ccccc1. The molecule has 134 valence electrons. The van der Waals surface area contributed by atoms with E-state index in [0.29, 0.717) is 11.5 Å². The number of para-hydroxylation sites is 2. The van der Waals surface area contributed by atoms with Crippen LogP contribution in [-0.4, -0.2) is 23.4 Å². The Morgan fingerprint density at radius 2 is 1.25 bits per heavy atom. The van der Waals surface area contributed by atoms with Crippen molar-refractivity contribution in [3.05, 3.63) is 60.2 Å². The van der Waals surface area contributed by atoms with Crippen LogP contribution in [0.25, 0.3) is 0 Å². The molecule has 0 bridgehead atoms. The molecule has 0 atom stereocenters. The van der Waals surface area contributed by atoms with E-state index in [-0.39, 0.29) is 0 Å². The molecule has 0 aromatic heterocycles. The van der Waals surface area contributed by atoms with Gasteiger partial charge in [0.1, 0.15) is 11.5 Å². The summed E-state index contributed by atoms with van der Waals surface area (Å²) in [7, 11) is 0. The highest BCUT2D eigenvalue weighted by atomic mass is 16.5. The summed E-state index contributed by atoms with van der Waals surface area (Å²) in [6.07, 6.45) is 4.91. The molecule has 3 heteroatoms. The molecule has 0 saturated heterocycles. The number of aromatic hydroxyl groups is 2. The van der Waals surface area contributed by atoms with Gasteiger partial charge < -0.3 is 14.9 Å². The zero-order valence-electron chi connectivity index (χ0n) is 15.2. The maximum atomic E-state index is 8.92. The van der Waals surface area contributed by atoms with Crippen LogP contribution in [0, 0.1) is 6.92 Å². The summed E-state index contributed by atoms with van der Waals surface area (Å²) in [6, 6.07) is 16.0. The molecule has 0 saturated carbocycles. The number of ether oxygens (including phenoxy) is 1. The molecular formula is C21H32O3. The second-order valence-corrected chi connectivity index (χ2v) is 5.44. The summed E-state index contributed by atoms with van der Waals surface area (Å²) in [5.41, 5.74) is 0.924. The van der Waals surface area contributed by atoms with E-state index in [2.05, 4.69) is 13.8 Å². The maximum Gasteiger partial charge on any atom is 0.118 e. The Balaban J connectivity index is 0.000000332. The van der Waals surface area contributed by atoms with E-state index in [0.717, 1.165) is 18.8 Å². The molecule has 2 aromatic rings. The molecular weight excluding hydrogens is 300 g/mol. The average Bonchev–Trinajstić information content (AvgIpc) is 2.59. The van der Waals surface area contributed by atoms with Gasteiger partial charge in [0.15, 0.2) is 0 Å². The summed E-state index contributed by atoms with van der Waals surface area (Å²) < 4.78 is 5.31. The molecule has 0 radical (unpaired) electrons. The van der Waals surface area contributed by atoms with Gasteiger partial charge in [0.05, 0.1) is 0 Å². The molecule has 0 aliphatic heterocycles. The molecule has 0 amide bonds. The van der Waals surface area contributed by atoms with E-state index in [9.17, 15) is 0 Å². The summed E-state index contributed by atoms with van der Waals surface area (Å²) in [5.74, 6) is 0.690. The Hall–Kier alpha value is -2.00. The second kappa shape index (κ2) is 15.9. The first kappa shape index (κ1) is 22.0. The van der Waals surface area contributed by atoms with Crippen LogP contribution in [0.2, 0.25) is 0 Å². The number of aryl methyl sites for hydroxylation is 1. The highest BCUT2D eigenvalue weighted by Crippen LogP contribution is 2.12. The van der Waals surface area contributed by atoms with Crippen LogP contribution in [-0.2, 0) is 4.74 Å². The minimum atomic E-state index is 0.322. The van der Waals surface area contributed by atoms with Crippen molar-refractivity contribution in [3.63, 3.8) is 0 Å². The van der Waals surface area contributed by atoms with Crippen LogP contribution in [0.3, 0.4) is 0 Å². The molecule has 3 nitrogen and oxygen atoms in total. The van der Waals surface area contributed by atoms with Crippen molar-refractivity contribution in [1.29, 1.82) is 0 Å². The first-order valence-electron chi connectivity index (χ1n) is 8.68. The van der Waals surface area contributed by atoms with Crippen LogP contribution >= 0.6 is 0 Å². The van der Waals surface area contributed by atoms with Crippen molar-refractivity contribution in [2.75, 3.05) is 13.2 Å². The Morgan fingerprint density at radius 1 is 0.750 bits per heavy atom. The van der Waals surface area contributed by atoms with Crippen molar-refractivity contribution in [2.45, 2.75) is 46.5 Å². The molecule has 24 heavy (non-hydrogen) atoms. The molecule has 0 heterocycles. The fraction of sp³-hybridized carbons (Fsp3) is 0.429. The van der Waals surface area contributed by atoms with E-state index >= 15 is 0 Å². The molecule has 0 aliphatic rings. The first-order valence-corrected chi connectivity index (χ1v) is 8.68. The smallest absolute Gasteiger partial charge is 0.118 e. The fourth-order valence-corrected chi connectivity index (χ4v) is 1.59. The molecule has 2 rings (SSSR count). The summed E-state index contributed by atoms with van der Waals surface area (Å²) in [5, 5.41) is 17.6. The van der Waals surface area contributed by atoms with Crippen molar-refractivity contribution < 1.29 is 14.9 Å². The number of hydrogen-bond acceptors (Lipinski definition) is 3. The highest BCUT2D eigenvalue weighted by molar-refractivity contribution is 5.29. The van der Waals surface area contributed by atoms with Gasteiger partial charge in [-0.25, -0.2) is 0 Å². The standard InChI is InChI=1S/C8H18O.C7H8O.C6H6O/c1-3-5-7-9-8-6-4-2;1-6-4-2-3-5-7(6)8;7-6-4-2-1-3-5-6/h3-8H2,1-2H3;2-5,8H,1H3;1-5,7H. The van der Waals surface area contributed by atoms with Gasteiger partial charge in [0.25, 0.3) is 0 Å². The molecule has 2 aromatic carbocycles. The molecule has 2 N–H and O–H groups in total. The van der Waals surface area contributed by atoms with Gasteiger partial charge in [0, 0.05) is 13.2 Å². The lowest BCUT2D eigenvalue weighted by molar-refractivity contribution is 0.128. The number of benzene rings is 2. The lowest BCUT2D eigenvalue weighted by Crippen LogP contribution is -1.95. The maximum absolute atomic E-state index is 8.92. The van der Waals surface area contributed by atoms with E-state index < -0.39 is 0 Å². The third-order valence-corrected chi connectivity index (χ3v) is 3.16. The van der Waals surface area contributed by atoms with Gasteiger partial charge >= 0.3 is 0 Å². The lowest BCUT2D eigenvalue weighted by Gasteiger charge is -1.99. The van der Waals surface area contributed by atoms with Crippen LogP contribution < -0.4 is 0 Å². The minimum absolute atomic E-state index is 0.322. The summed E-state index contributed by atoms with van der Waals surface area (Å²) in [4.78, 5) is 0. The van der Waals surface area contributed by atoms with Gasteiger partial charge in [-0.2, -0.15) is 0 Å². The third-order valence-electron chi connectivity index (χ3n) is 3.16. The van der Waals surface area contributed by atoms with Crippen LogP contribution in [0.5, 0.6) is 11.5 Å². The minimum Gasteiger partial charge on any atom is -0.508 e. The van der Waals surface area contributed by atoms with E-state index in [1.807, 2.05) is 31.2 Å². The Kier molecular flexibility index (Phi) is 14.6. The van der Waals surface area contributed by atoms with Gasteiger partial charge in [-0.1, -0.05) is 63.1 Å². The predicted octanol–water partition coefficient (Wildman–Crippen LogP) is 5.70. The van der Waals surface area contributed by atoms with Crippen LogP contribution in [0.1, 0.15) is 45.1 Å². The van der Waals surface area contributed by atoms with Crippen molar-refractivity contribution in [1.82, 2.24) is 0 Å². The van der Waals surface area contributed by atoms with E-state index in [4.69, 9.17) is 14.9 Å². The van der Waals surface area contributed by atoms with Crippen molar-refractivity contribution in [3.8, 4) is 11.5 Å². The molecule has 0 fully saturated rings. The molecule has 0 aliphatic carbocycles. The van der Waals surface area contributed by atoms with Gasteiger partial charge in [-0.15, -0.1) is 0 Å². The zero-order valence-corrected chi connectivity index (χ0v) is 15.2. The number of rotatable bonds is 6. The van der Waals surface area contributed by atoms with Gasteiger partial charge in [-0.3, -0.25) is 0 Å². The van der Waals surface area contributed by atoms with E-state index in [1.165, 1.54) is 25.7 Å². The Bertz CT molecular complexity index is 470. The fourth-order valence-electron chi connectivity index (χ4n) is 1.59. The van der Waals surface area contributed by atoms with E-state index in [1.54, 1.807) is 30.3 Å². The third kappa shape index (κ3) is 13.6. The Labute approximate surface area is 146 Å². The molecule has 0 unspecified atom stereocenters. The Morgan fingerprint density at radius 3 is 1.58 bits per heavy atom. The first-order chi connectivity index (χ1) is 11.6. The average molecular weight is 332 g/mol. The van der Waals surface area contributed by atoms with Gasteiger partial charge in [0.2, 0.25) is 0 Å². The summed E-state index contributed by atoms with van der Waals surface area (Å²) in [6.45, 7) is 8.15. The van der Waals surface area contributed by atoms with Crippen molar-refractivity contribution >= 4 is 0 Å².